The highest BCUT2D eigenvalue weighted by molar-refractivity contribution is 8.35. The van der Waals surface area contributed by atoms with Gasteiger partial charge >= 0.3 is 5.97 Å². The first-order chi connectivity index (χ1) is 19.8. The van der Waals surface area contributed by atoms with E-state index in [1.165, 1.54) is 96.3 Å². The highest BCUT2D eigenvalue weighted by Gasteiger charge is 2.50. The van der Waals surface area contributed by atoms with Crippen LogP contribution in [-0.4, -0.2) is 40.7 Å². The number of thioether (sulfide) groups is 4. The number of aliphatic carboxylic acids is 1. The van der Waals surface area contributed by atoms with Crippen LogP contribution in [0.15, 0.2) is 0 Å². The third-order valence-electron chi connectivity index (χ3n) is 8.21. The molecular weight excluding hydrogens is 581 g/mol. The van der Waals surface area contributed by atoms with E-state index < -0.39 is 11.2 Å². The first-order valence-corrected chi connectivity index (χ1v) is 21.3. The molecule has 2 nitrogen and oxygen atoms in total. The zero-order valence-corrected chi connectivity index (χ0v) is 31.8. The maximum atomic E-state index is 13.5. The van der Waals surface area contributed by atoms with Crippen molar-refractivity contribution in [3.05, 3.63) is 0 Å². The van der Waals surface area contributed by atoms with Gasteiger partial charge in [-0.05, 0) is 51.4 Å². The minimum atomic E-state index is -0.577. The predicted octanol–water partition coefficient (Wildman–Crippen LogP) is 13.5. The molecule has 0 heterocycles. The molecule has 41 heavy (non-hydrogen) atoms. The Morgan fingerprint density at radius 3 is 1.05 bits per heavy atom. The van der Waals surface area contributed by atoms with Crippen LogP contribution in [0.1, 0.15) is 184 Å². The molecule has 0 amide bonds. The molecule has 0 saturated carbocycles. The molecule has 5 unspecified atom stereocenters. The van der Waals surface area contributed by atoms with Gasteiger partial charge in [-0.15, -0.1) is 47.0 Å². The van der Waals surface area contributed by atoms with Gasteiger partial charge in [-0.1, -0.05) is 132 Å². The molecule has 1 N–H and O–H groups in total. The third kappa shape index (κ3) is 18.4. The first-order valence-electron chi connectivity index (χ1n) is 17.7. The van der Waals surface area contributed by atoms with Crippen LogP contribution in [0.2, 0.25) is 0 Å². The van der Waals surface area contributed by atoms with E-state index in [9.17, 15) is 9.90 Å². The largest absolute Gasteiger partial charge is 0.480 e. The van der Waals surface area contributed by atoms with Gasteiger partial charge in [0.1, 0.15) is 8.66 Å². The summed E-state index contributed by atoms with van der Waals surface area (Å²) in [6.45, 7) is 18.4. The highest BCUT2D eigenvalue weighted by atomic mass is 32.3. The van der Waals surface area contributed by atoms with Crippen molar-refractivity contribution < 1.29 is 9.90 Å². The lowest BCUT2D eigenvalue weighted by Gasteiger charge is -2.44. The molecule has 0 rings (SSSR count). The monoisotopic (exact) mass is 650 g/mol. The highest BCUT2D eigenvalue weighted by Crippen LogP contribution is 2.60. The van der Waals surface area contributed by atoms with E-state index in [2.05, 4.69) is 90.7 Å². The van der Waals surface area contributed by atoms with Crippen molar-refractivity contribution in [2.24, 2.45) is 0 Å². The molecule has 0 aliphatic carbocycles. The number of hydrogen-bond acceptors (Lipinski definition) is 5. The Morgan fingerprint density at radius 1 is 0.512 bits per heavy atom. The van der Waals surface area contributed by atoms with Crippen molar-refractivity contribution in [3.63, 3.8) is 0 Å². The van der Waals surface area contributed by atoms with Gasteiger partial charge < -0.3 is 5.11 Å². The van der Waals surface area contributed by atoms with Crippen molar-refractivity contribution in [1.82, 2.24) is 0 Å². The number of hydrogen-bond donors (Lipinski definition) is 1. The lowest BCUT2D eigenvalue weighted by molar-refractivity contribution is -0.136. The normalized spacial score (nSPS) is 17.1. The fourth-order valence-electron chi connectivity index (χ4n) is 5.35. The number of carboxylic acids is 1. The Labute approximate surface area is 275 Å². The Hall–Kier alpha value is 0.870. The van der Waals surface area contributed by atoms with Crippen LogP contribution in [0.3, 0.4) is 0 Å². The summed E-state index contributed by atoms with van der Waals surface area (Å²) in [6.07, 6.45) is 24.2. The number of unbranched alkanes of at least 4 members (excludes halogenated alkanes) is 8. The summed E-state index contributed by atoms with van der Waals surface area (Å²) in [5.74, 6) is -0.577. The molecule has 0 saturated heterocycles. The van der Waals surface area contributed by atoms with Crippen LogP contribution in [0.4, 0.5) is 0 Å². The molecule has 0 bridgehead atoms. The maximum absolute atomic E-state index is 13.5. The van der Waals surface area contributed by atoms with Gasteiger partial charge in [-0.25, -0.2) is 0 Å². The lowest BCUT2D eigenvalue weighted by atomic mass is 10.1. The summed E-state index contributed by atoms with van der Waals surface area (Å²) < 4.78 is -0.360. The van der Waals surface area contributed by atoms with Gasteiger partial charge in [-0.2, -0.15) is 0 Å². The van der Waals surface area contributed by atoms with Crippen molar-refractivity contribution in [2.45, 2.75) is 213 Å². The van der Waals surface area contributed by atoms with Crippen molar-refractivity contribution in [2.75, 3.05) is 0 Å². The molecule has 5 atom stereocenters. The molecule has 0 aromatic carbocycles. The SMILES string of the molecule is CCCCCC(CC)SC(C(=O)O)C(SC(CC)CCCCC)(SC(CC)CCCCC)SC(CC)CCCCC. The van der Waals surface area contributed by atoms with E-state index in [1.807, 2.05) is 11.8 Å². The Kier molecular flexibility index (Phi) is 27.8. The fourth-order valence-corrected chi connectivity index (χ4v) is 14.0. The smallest absolute Gasteiger partial charge is 0.319 e. The van der Waals surface area contributed by atoms with Crippen LogP contribution >= 0.6 is 47.0 Å². The molecule has 0 aromatic rings. The molecule has 0 aromatic heterocycles. The fraction of sp³-hybridized carbons (Fsp3) is 0.971. The average molecular weight is 651 g/mol. The Morgan fingerprint density at radius 2 is 0.805 bits per heavy atom. The number of carbonyl (C=O) groups is 1. The van der Waals surface area contributed by atoms with E-state index in [-0.39, 0.29) is 3.41 Å². The molecule has 0 aliphatic rings. The lowest BCUT2D eigenvalue weighted by Crippen LogP contribution is -2.42. The molecular formula is C35H70O2S4. The minimum absolute atomic E-state index is 0.360. The molecule has 0 radical (unpaired) electrons. The summed E-state index contributed by atoms with van der Waals surface area (Å²) in [4.78, 5) is 13.5. The summed E-state index contributed by atoms with van der Waals surface area (Å²) in [5.41, 5.74) is 0. The van der Waals surface area contributed by atoms with Crippen LogP contribution in [0.5, 0.6) is 0 Å². The molecule has 0 aliphatic heterocycles. The standard InChI is InChI=1S/C35H70O2S4/c1-9-17-21-25-29(13-5)38-33(34(36)37)35(39-30(14-6)26-22-18-10-2,40-31(15-7)27-23-19-11-3)41-32(16-8)28-24-20-12-4/h29-33H,9-28H2,1-8H3,(H,36,37). The molecule has 0 fully saturated rings. The zero-order valence-electron chi connectivity index (χ0n) is 28.5. The summed E-state index contributed by atoms with van der Waals surface area (Å²) >= 11 is 8.12. The second kappa shape index (κ2) is 27.2. The second-order valence-corrected chi connectivity index (χ2v) is 18.7. The average Bonchev–Trinajstić information content (AvgIpc) is 2.97. The predicted molar refractivity (Wildman–Crippen MR) is 197 cm³/mol. The number of carboxylic acid groups (broad SMARTS) is 1. The van der Waals surface area contributed by atoms with Gasteiger partial charge in [-0.3, -0.25) is 4.79 Å². The van der Waals surface area contributed by atoms with Gasteiger partial charge in [0, 0.05) is 21.0 Å². The molecule has 246 valence electrons. The van der Waals surface area contributed by atoms with Crippen molar-refractivity contribution in [3.8, 4) is 0 Å². The van der Waals surface area contributed by atoms with Gasteiger partial charge in [0.15, 0.2) is 0 Å². The van der Waals surface area contributed by atoms with Crippen LogP contribution in [0.25, 0.3) is 0 Å². The summed E-state index contributed by atoms with van der Waals surface area (Å²) in [6, 6.07) is 0. The minimum Gasteiger partial charge on any atom is -0.480 e. The van der Waals surface area contributed by atoms with Gasteiger partial charge in [0.2, 0.25) is 0 Å². The Bertz CT molecular complexity index is 552. The third-order valence-corrected chi connectivity index (χ3v) is 16.6. The van der Waals surface area contributed by atoms with E-state index in [0.717, 1.165) is 32.1 Å². The van der Waals surface area contributed by atoms with Crippen LogP contribution in [0, 0.1) is 0 Å². The molecule has 6 heteroatoms. The van der Waals surface area contributed by atoms with Gasteiger partial charge in [0.25, 0.3) is 0 Å². The van der Waals surface area contributed by atoms with E-state index in [4.69, 9.17) is 0 Å². The quantitative estimate of drug-likeness (QED) is 0.0616. The Balaban J connectivity index is 6.69. The van der Waals surface area contributed by atoms with Crippen LogP contribution in [-0.2, 0) is 4.79 Å². The number of rotatable bonds is 30. The second-order valence-electron chi connectivity index (χ2n) is 11.9. The maximum Gasteiger partial charge on any atom is 0.319 e. The van der Waals surface area contributed by atoms with Crippen LogP contribution < -0.4 is 0 Å². The van der Waals surface area contributed by atoms with E-state index >= 15 is 0 Å². The summed E-state index contributed by atoms with van der Waals surface area (Å²) in [7, 11) is 0. The zero-order chi connectivity index (χ0) is 30.9. The first kappa shape index (κ1) is 41.9. The van der Waals surface area contributed by atoms with Crippen molar-refractivity contribution >= 4 is 53.0 Å². The van der Waals surface area contributed by atoms with Gasteiger partial charge in [0.05, 0.1) is 0 Å². The molecule has 0 spiro atoms. The van der Waals surface area contributed by atoms with E-state index in [0.29, 0.717) is 21.0 Å². The van der Waals surface area contributed by atoms with Crippen molar-refractivity contribution in [1.29, 1.82) is 0 Å². The van der Waals surface area contributed by atoms with E-state index in [1.54, 1.807) is 0 Å². The topological polar surface area (TPSA) is 37.3 Å². The summed E-state index contributed by atoms with van der Waals surface area (Å²) in [5, 5.41) is 12.6.